The average Bonchev–Trinajstić information content (AvgIpc) is 3.02. The van der Waals surface area contributed by atoms with Crippen LogP contribution in [-0.4, -0.2) is 66.5 Å². The summed E-state index contributed by atoms with van der Waals surface area (Å²) in [5.41, 5.74) is 8.33. The number of nitrogens with zero attached hydrogens (tertiary/aromatic N) is 2. The van der Waals surface area contributed by atoms with E-state index in [0.717, 1.165) is 72.2 Å². The van der Waals surface area contributed by atoms with E-state index in [9.17, 15) is 15.3 Å². The van der Waals surface area contributed by atoms with Crippen LogP contribution in [0.4, 0.5) is 0 Å². The van der Waals surface area contributed by atoms with Crippen LogP contribution < -0.4 is 14.2 Å². The van der Waals surface area contributed by atoms with Gasteiger partial charge in [-0.3, -0.25) is 9.80 Å². The molecule has 8 nitrogen and oxygen atoms in total. The molecule has 8 heteroatoms. The normalized spacial score (nSPS) is 19.1. The number of likely N-dealkylation sites (N-methyl/N-ethyl adjacent to an activating group) is 2. The Kier molecular flexibility index (Phi) is 7.06. The first-order chi connectivity index (χ1) is 21.2. The fourth-order valence-electron chi connectivity index (χ4n) is 7.28. The van der Waals surface area contributed by atoms with Gasteiger partial charge in [-0.2, -0.15) is 0 Å². The van der Waals surface area contributed by atoms with Gasteiger partial charge in [0.15, 0.2) is 34.5 Å². The summed E-state index contributed by atoms with van der Waals surface area (Å²) in [6.45, 7) is 1.85. The lowest BCUT2D eigenvalue weighted by atomic mass is 9.76. The number of hydrogen-bond acceptors (Lipinski definition) is 8. The Labute approximate surface area is 257 Å². The van der Waals surface area contributed by atoms with Gasteiger partial charge < -0.3 is 29.5 Å². The largest absolute Gasteiger partial charge is 0.504 e. The predicted molar refractivity (Wildman–Crippen MR) is 168 cm³/mol. The second kappa shape index (κ2) is 10.9. The summed E-state index contributed by atoms with van der Waals surface area (Å²) in [5.74, 6) is 2.25. The molecule has 1 aliphatic carbocycles. The highest BCUT2D eigenvalue weighted by Crippen LogP contribution is 2.53. The van der Waals surface area contributed by atoms with E-state index in [1.807, 2.05) is 36.4 Å². The summed E-state index contributed by atoms with van der Waals surface area (Å²) >= 11 is 0. The van der Waals surface area contributed by atoms with Crippen molar-refractivity contribution in [2.75, 3.05) is 41.4 Å². The van der Waals surface area contributed by atoms with Crippen molar-refractivity contribution in [2.24, 2.45) is 0 Å². The van der Waals surface area contributed by atoms with Crippen molar-refractivity contribution in [2.45, 2.75) is 37.8 Å². The SMILES string of the molecule is COc1cc2c(cc1O)[C@H](Cc1ccc(Oc3cc4c(cc3O)-c3c(O)c(OC)cc5c3[C@@H](C4)N(C)CC5)cc1)N(C)CC2. The molecule has 0 spiro atoms. The number of phenolic OH excluding ortho intramolecular Hbond substituents is 3. The minimum Gasteiger partial charge on any atom is -0.504 e. The van der Waals surface area contributed by atoms with Gasteiger partial charge in [-0.1, -0.05) is 12.1 Å². The van der Waals surface area contributed by atoms with Gasteiger partial charge >= 0.3 is 0 Å². The highest BCUT2D eigenvalue weighted by atomic mass is 16.5. The maximum Gasteiger partial charge on any atom is 0.169 e. The number of phenols is 3. The lowest BCUT2D eigenvalue weighted by molar-refractivity contribution is 0.226. The maximum atomic E-state index is 11.2. The molecule has 0 saturated carbocycles. The lowest BCUT2D eigenvalue weighted by Gasteiger charge is -2.40. The zero-order valence-corrected chi connectivity index (χ0v) is 25.6. The zero-order chi connectivity index (χ0) is 30.7. The topological polar surface area (TPSA) is 94.9 Å². The van der Waals surface area contributed by atoms with Crippen molar-refractivity contribution in [3.05, 3.63) is 88.0 Å². The molecular weight excluding hydrogens is 556 g/mol. The van der Waals surface area contributed by atoms with Gasteiger partial charge in [0.2, 0.25) is 0 Å². The van der Waals surface area contributed by atoms with Crippen LogP contribution in [0.3, 0.4) is 0 Å². The van der Waals surface area contributed by atoms with Crippen molar-refractivity contribution < 1.29 is 29.5 Å². The first-order valence-electron chi connectivity index (χ1n) is 15.1. The van der Waals surface area contributed by atoms with E-state index in [1.165, 1.54) is 11.1 Å². The van der Waals surface area contributed by atoms with Gasteiger partial charge in [0.05, 0.1) is 14.2 Å². The molecule has 3 aliphatic rings. The molecule has 0 unspecified atom stereocenters. The second-order valence-corrected chi connectivity index (χ2v) is 12.2. The lowest BCUT2D eigenvalue weighted by Crippen LogP contribution is -2.35. The molecule has 44 heavy (non-hydrogen) atoms. The van der Waals surface area contributed by atoms with Gasteiger partial charge in [0.25, 0.3) is 0 Å². The number of benzene rings is 4. The number of ether oxygens (including phenoxy) is 3. The van der Waals surface area contributed by atoms with Gasteiger partial charge in [0.1, 0.15) is 5.75 Å². The Morgan fingerprint density at radius 2 is 1.41 bits per heavy atom. The third kappa shape index (κ3) is 4.69. The Morgan fingerprint density at radius 3 is 2.16 bits per heavy atom. The predicted octanol–water partition coefficient (Wildman–Crippen LogP) is 6.14. The van der Waals surface area contributed by atoms with Gasteiger partial charge in [-0.05, 0) is 121 Å². The Balaban J connectivity index is 1.15. The smallest absolute Gasteiger partial charge is 0.169 e. The Morgan fingerprint density at radius 1 is 0.750 bits per heavy atom. The Hall–Kier alpha value is -4.40. The van der Waals surface area contributed by atoms with E-state index >= 15 is 0 Å². The number of methoxy groups -OCH3 is 2. The second-order valence-electron chi connectivity index (χ2n) is 12.2. The van der Waals surface area contributed by atoms with E-state index in [4.69, 9.17) is 14.2 Å². The standard InChI is InChI=1S/C36H38N2O6/c1-37-11-9-21-15-31(42-3)29(39)18-25(21)27(37)13-20-5-7-24(8-6-20)44-32-17-23-14-28-34-22(10-12-38(28)2)16-33(43-4)36(41)35(34)26(23)19-30(32)40/h5-8,15-19,27-28,39-41H,9-14H2,1-4H3/t27-,28+/m0/s1. The maximum absolute atomic E-state index is 11.2. The number of aromatic hydroxyl groups is 3. The molecule has 0 radical (unpaired) electrons. The molecule has 2 aliphatic heterocycles. The molecule has 0 fully saturated rings. The molecule has 0 saturated heterocycles. The highest BCUT2D eigenvalue weighted by molar-refractivity contribution is 5.84. The van der Waals surface area contributed by atoms with E-state index in [2.05, 4.69) is 36.0 Å². The third-order valence-corrected chi connectivity index (χ3v) is 9.72. The summed E-state index contributed by atoms with van der Waals surface area (Å²) in [7, 11) is 7.38. The molecule has 7 rings (SSSR count). The molecule has 0 bridgehead atoms. The van der Waals surface area contributed by atoms with Crippen LogP contribution in [0.1, 0.15) is 45.5 Å². The van der Waals surface area contributed by atoms with Crippen molar-refractivity contribution in [3.63, 3.8) is 0 Å². The molecule has 4 aromatic carbocycles. The fraction of sp³-hybridized carbons (Fsp3) is 0.333. The summed E-state index contributed by atoms with van der Waals surface area (Å²) < 4.78 is 17.1. The first kappa shape index (κ1) is 28.4. The number of hydrogen-bond donors (Lipinski definition) is 3. The summed E-state index contributed by atoms with van der Waals surface area (Å²) in [4.78, 5) is 4.65. The van der Waals surface area contributed by atoms with Crippen LogP contribution in [0.5, 0.6) is 40.2 Å². The monoisotopic (exact) mass is 594 g/mol. The Bertz CT molecular complexity index is 1750. The van der Waals surface area contributed by atoms with Crippen molar-refractivity contribution in [3.8, 4) is 51.4 Å². The van der Waals surface area contributed by atoms with Crippen LogP contribution in [0.15, 0.2) is 54.6 Å². The minimum absolute atomic E-state index is 0.0158. The molecule has 228 valence electrons. The molecule has 2 atom stereocenters. The van der Waals surface area contributed by atoms with Crippen LogP contribution in [0.25, 0.3) is 11.1 Å². The van der Waals surface area contributed by atoms with Crippen molar-refractivity contribution >= 4 is 0 Å². The van der Waals surface area contributed by atoms with Crippen LogP contribution in [0.2, 0.25) is 0 Å². The summed E-state index contributed by atoms with van der Waals surface area (Å²) in [6.07, 6.45) is 3.33. The average molecular weight is 595 g/mol. The van der Waals surface area contributed by atoms with E-state index in [-0.39, 0.29) is 29.3 Å². The molecule has 0 aromatic heterocycles. The number of rotatable bonds is 6. The summed E-state index contributed by atoms with van der Waals surface area (Å²) in [6, 6.07) is 17.6. The fourth-order valence-corrected chi connectivity index (χ4v) is 7.28. The number of fused-ring (bicyclic) bond motifs is 3. The van der Waals surface area contributed by atoms with Crippen molar-refractivity contribution in [1.82, 2.24) is 9.80 Å². The molecule has 3 N–H and O–H groups in total. The molecular formula is C36H38N2O6. The molecule has 0 amide bonds. The summed E-state index contributed by atoms with van der Waals surface area (Å²) in [5, 5.41) is 32.7. The van der Waals surface area contributed by atoms with E-state index < -0.39 is 0 Å². The van der Waals surface area contributed by atoms with Gasteiger partial charge in [0, 0.05) is 30.7 Å². The molecule has 4 aromatic rings. The zero-order valence-electron chi connectivity index (χ0n) is 25.6. The van der Waals surface area contributed by atoms with Gasteiger partial charge in [-0.15, -0.1) is 0 Å². The van der Waals surface area contributed by atoms with E-state index in [0.29, 0.717) is 23.0 Å². The molecule has 2 heterocycles. The minimum atomic E-state index is 0.0158. The third-order valence-electron chi connectivity index (χ3n) is 9.72. The van der Waals surface area contributed by atoms with Crippen LogP contribution >= 0.6 is 0 Å². The van der Waals surface area contributed by atoms with Crippen LogP contribution in [-0.2, 0) is 25.7 Å². The quantitative estimate of drug-likeness (QED) is 0.245. The highest BCUT2D eigenvalue weighted by Gasteiger charge is 2.36. The van der Waals surface area contributed by atoms with Gasteiger partial charge in [-0.25, -0.2) is 0 Å². The van der Waals surface area contributed by atoms with Crippen LogP contribution in [0, 0.1) is 0 Å². The van der Waals surface area contributed by atoms with E-state index in [1.54, 1.807) is 20.3 Å². The first-order valence-corrected chi connectivity index (χ1v) is 15.1. The van der Waals surface area contributed by atoms with Crippen molar-refractivity contribution in [1.29, 1.82) is 0 Å².